The van der Waals surface area contributed by atoms with Crippen LogP contribution in [0.4, 0.5) is 5.69 Å². The Morgan fingerprint density at radius 1 is 1.24 bits per heavy atom. The summed E-state index contributed by atoms with van der Waals surface area (Å²) in [6.07, 6.45) is -0.637. The monoisotopic (exact) mass is 380 g/mol. The minimum absolute atomic E-state index is 0.118. The van der Waals surface area contributed by atoms with Gasteiger partial charge in [-0.1, -0.05) is 35.3 Å². The lowest BCUT2D eigenvalue weighted by Gasteiger charge is -2.22. The molecule has 2 rings (SSSR count). The van der Waals surface area contributed by atoms with Gasteiger partial charge >= 0.3 is 0 Å². The first-order valence-corrected chi connectivity index (χ1v) is 8.70. The van der Waals surface area contributed by atoms with Crippen molar-refractivity contribution >= 4 is 34.8 Å². The minimum atomic E-state index is -0.637. The van der Waals surface area contributed by atoms with Gasteiger partial charge in [-0.15, -0.1) is 0 Å². The van der Waals surface area contributed by atoms with Gasteiger partial charge in [0.25, 0.3) is 0 Å². The van der Waals surface area contributed by atoms with Crippen LogP contribution in [0.25, 0.3) is 0 Å². The Kier molecular flexibility index (Phi) is 6.85. The maximum Gasteiger partial charge on any atom is 0.221 e. The molecule has 0 heterocycles. The molecular weight excluding hydrogens is 359 g/mol. The molecule has 4 nitrogen and oxygen atoms in total. The first-order valence-electron chi connectivity index (χ1n) is 7.95. The number of aryl methyl sites for hydroxylation is 1. The van der Waals surface area contributed by atoms with Crippen molar-refractivity contribution in [1.82, 2.24) is 4.90 Å². The molecule has 25 heavy (non-hydrogen) atoms. The summed E-state index contributed by atoms with van der Waals surface area (Å²) in [5.74, 6) is -0.118. The van der Waals surface area contributed by atoms with Crippen molar-refractivity contribution in [2.45, 2.75) is 26.5 Å². The third-order valence-electron chi connectivity index (χ3n) is 3.89. The van der Waals surface area contributed by atoms with Crippen molar-refractivity contribution in [3.63, 3.8) is 0 Å². The van der Waals surface area contributed by atoms with Crippen molar-refractivity contribution < 1.29 is 9.90 Å². The number of rotatable bonds is 6. The topological polar surface area (TPSA) is 52.6 Å². The van der Waals surface area contributed by atoms with Crippen LogP contribution in [0.3, 0.4) is 0 Å². The second kappa shape index (κ2) is 8.68. The first kappa shape index (κ1) is 19.7. The van der Waals surface area contributed by atoms with E-state index in [2.05, 4.69) is 5.32 Å². The normalized spacial score (nSPS) is 12.3. The van der Waals surface area contributed by atoms with E-state index < -0.39 is 6.10 Å². The van der Waals surface area contributed by atoms with E-state index in [1.165, 1.54) is 6.92 Å². The van der Waals surface area contributed by atoms with Crippen molar-refractivity contribution in [3.05, 3.63) is 63.1 Å². The van der Waals surface area contributed by atoms with Crippen LogP contribution < -0.4 is 5.32 Å². The number of carbonyl (C=O) groups excluding carboxylic acids is 1. The Morgan fingerprint density at radius 2 is 1.96 bits per heavy atom. The third-order valence-corrected chi connectivity index (χ3v) is 4.48. The predicted molar refractivity (Wildman–Crippen MR) is 103 cm³/mol. The SMILES string of the molecule is CC(=O)Nc1ccc(C(O)CN(C)Cc2ccc(Cl)cc2Cl)c(C)c1. The highest BCUT2D eigenvalue weighted by atomic mass is 35.5. The van der Waals surface area contributed by atoms with Crippen LogP contribution in [0.5, 0.6) is 0 Å². The number of hydrogen-bond acceptors (Lipinski definition) is 3. The van der Waals surface area contributed by atoms with Crippen LogP contribution >= 0.6 is 23.2 Å². The molecule has 6 heteroatoms. The molecule has 134 valence electrons. The number of amides is 1. The molecule has 0 bridgehead atoms. The van der Waals surface area contributed by atoms with Crippen LogP contribution in [0.2, 0.25) is 10.0 Å². The van der Waals surface area contributed by atoms with Gasteiger partial charge in [0.15, 0.2) is 0 Å². The Hall–Kier alpha value is -1.59. The smallest absolute Gasteiger partial charge is 0.221 e. The predicted octanol–water partition coefficient (Wildman–Crippen LogP) is 4.43. The minimum Gasteiger partial charge on any atom is -0.387 e. The van der Waals surface area contributed by atoms with E-state index in [0.717, 1.165) is 22.4 Å². The summed E-state index contributed by atoms with van der Waals surface area (Å²) in [6.45, 7) is 4.45. The zero-order valence-electron chi connectivity index (χ0n) is 14.5. The van der Waals surface area contributed by atoms with E-state index in [4.69, 9.17) is 23.2 Å². The fourth-order valence-electron chi connectivity index (χ4n) is 2.73. The summed E-state index contributed by atoms with van der Waals surface area (Å²) in [5, 5.41) is 14.5. The van der Waals surface area contributed by atoms with E-state index in [1.54, 1.807) is 18.2 Å². The number of aliphatic hydroxyl groups excluding tert-OH is 1. The molecule has 2 aromatic carbocycles. The van der Waals surface area contributed by atoms with Crippen molar-refractivity contribution in [2.24, 2.45) is 0 Å². The Morgan fingerprint density at radius 3 is 2.56 bits per heavy atom. The van der Waals surface area contributed by atoms with Gasteiger partial charge in [0.05, 0.1) is 6.10 Å². The van der Waals surface area contributed by atoms with Gasteiger partial charge in [0, 0.05) is 35.7 Å². The van der Waals surface area contributed by atoms with Crippen molar-refractivity contribution in [2.75, 3.05) is 18.9 Å². The van der Waals surface area contributed by atoms with E-state index in [-0.39, 0.29) is 5.91 Å². The summed E-state index contributed by atoms with van der Waals surface area (Å²) < 4.78 is 0. The number of carbonyl (C=O) groups is 1. The fraction of sp³-hybridized carbons (Fsp3) is 0.316. The molecule has 0 aromatic heterocycles. The Labute approximate surface area is 158 Å². The summed E-state index contributed by atoms with van der Waals surface area (Å²) in [5.41, 5.74) is 3.44. The molecule has 0 aliphatic carbocycles. The Balaban J connectivity index is 2.03. The lowest BCUT2D eigenvalue weighted by molar-refractivity contribution is -0.114. The molecule has 2 aromatic rings. The van der Waals surface area contributed by atoms with Gasteiger partial charge in [-0.25, -0.2) is 0 Å². The second-order valence-electron chi connectivity index (χ2n) is 6.20. The van der Waals surface area contributed by atoms with Crippen LogP contribution in [0, 0.1) is 6.92 Å². The van der Waals surface area contributed by atoms with E-state index in [1.807, 2.05) is 37.1 Å². The van der Waals surface area contributed by atoms with Crippen LogP contribution in [-0.2, 0) is 11.3 Å². The van der Waals surface area contributed by atoms with E-state index in [0.29, 0.717) is 23.1 Å². The van der Waals surface area contributed by atoms with Gasteiger partial charge < -0.3 is 10.4 Å². The van der Waals surface area contributed by atoms with Gasteiger partial charge in [-0.2, -0.15) is 0 Å². The summed E-state index contributed by atoms with van der Waals surface area (Å²) in [7, 11) is 1.93. The highest BCUT2D eigenvalue weighted by molar-refractivity contribution is 6.35. The molecule has 0 saturated carbocycles. The number of benzene rings is 2. The molecule has 0 spiro atoms. The molecule has 1 amide bonds. The molecular formula is C19H22Cl2N2O2. The highest BCUT2D eigenvalue weighted by Gasteiger charge is 2.15. The number of likely N-dealkylation sites (N-methyl/N-ethyl adjacent to an activating group) is 1. The summed E-state index contributed by atoms with van der Waals surface area (Å²) in [4.78, 5) is 13.1. The van der Waals surface area contributed by atoms with Crippen LogP contribution in [-0.4, -0.2) is 29.5 Å². The van der Waals surface area contributed by atoms with E-state index in [9.17, 15) is 9.90 Å². The largest absolute Gasteiger partial charge is 0.387 e. The van der Waals surface area contributed by atoms with Gasteiger partial charge in [0.2, 0.25) is 5.91 Å². The number of hydrogen-bond donors (Lipinski definition) is 2. The maximum absolute atomic E-state index is 11.1. The quantitative estimate of drug-likeness (QED) is 0.779. The average Bonchev–Trinajstić information content (AvgIpc) is 2.49. The van der Waals surface area contributed by atoms with Gasteiger partial charge in [-0.05, 0) is 54.9 Å². The summed E-state index contributed by atoms with van der Waals surface area (Å²) in [6, 6.07) is 10.9. The lowest BCUT2D eigenvalue weighted by atomic mass is 10.0. The molecule has 1 atom stereocenters. The molecule has 2 N–H and O–H groups in total. The molecule has 0 radical (unpaired) electrons. The number of nitrogens with one attached hydrogen (secondary N) is 1. The van der Waals surface area contributed by atoms with Gasteiger partial charge in [-0.3, -0.25) is 9.69 Å². The Bertz CT molecular complexity index is 765. The highest BCUT2D eigenvalue weighted by Crippen LogP contribution is 2.25. The number of aliphatic hydroxyl groups is 1. The zero-order chi connectivity index (χ0) is 18.6. The summed E-state index contributed by atoms with van der Waals surface area (Å²) >= 11 is 12.1. The number of anilines is 1. The van der Waals surface area contributed by atoms with Gasteiger partial charge in [0.1, 0.15) is 0 Å². The third kappa shape index (κ3) is 5.72. The van der Waals surface area contributed by atoms with Crippen LogP contribution in [0.15, 0.2) is 36.4 Å². The van der Waals surface area contributed by atoms with Crippen LogP contribution in [0.1, 0.15) is 29.7 Å². The number of nitrogens with zero attached hydrogens (tertiary/aromatic N) is 1. The number of halogens is 2. The van der Waals surface area contributed by atoms with Crippen molar-refractivity contribution in [3.8, 4) is 0 Å². The lowest BCUT2D eigenvalue weighted by Crippen LogP contribution is -2.24. The standard InChI is InChI=1S/C19H22Cl2N2O2/c1-12-8-16(22-13(2)24)6-7-17(12)19(25)11-23(3)10-14-4-5-15(20)9-18(14)21/h4-9,19,25H,10-11H2,1-3H3,(H,22,24). The van der Waals surface area contributed by atoms with E-state index >= 15 is 0 Å². The average molecular weight is 381 g/mol. The molecule has 0 saturated heterocycles. The molecule has 0 aliphatic heterocycles. The fourth-order valence-corrected chi connectivity index (χ4v) is 3.20. The molecule has 0 fully saturated rings. The molecule has 0 aliphatic rings. The first-order chi connectivity index (χ1) is 11.8. The zero-order valence-corrected chi connectivity index (χ0v) is 16.0. The van der Waals surface area contributed by atoms with Crippen molar-refractivity contribution in [1.29, 1.82) is 0 Å². The molecule has 1 unspecified atom stereocenters. The maximum atomic E-state index is 11.1. The second-order valence-corrected chi connectivity index (χ2v) is 7.04.